The number of carbonyl (C=O) groups excluding carboxylic acids is 1. The number of hydrogen-bond donors (Lipinski definition) is 2. The maximum Gasteiger partial charge on any atom is 0.147 e. The van der Waals surface area contributed by atoms with Crippen LogP contribution < -0.4 is 5.73 Å². The summed E-state index contributed by atoms with van der Waals surface area (Å²) in [5, 5.41) is 0.364. The number of rotatable bonds is 3. The first kappa shape index (κ1) is 10.6. The van der Waals surface area contributed by atoms with E-state index in [1.165, 1.54) is 0 Å². The van der Waals surface area contributed by atoms with Gasteiger partial charge in [0.25, 0.3) is 0 Å². The fraction of sp³-hybridized carbons (Fsp3) is 0.222. The molecule has 13 heavy (non-hydrogen) atoms. The van der Waals surface area contributed by atoms with Crippen LogP contribution in [-0.2, 0) is 11.2 Å². The molecule has 1 rings (SSSR count). The fourth-order valence-corrected chi connectivity index (χ4v) is 1.44. The second-order valence-corrected chi connectivity index (χ2v) is 3.74. The molecule has 0 fully saturated rings. The summed E-state index contributed by atoms with van der Waals surface area (Å²) >= 11 is 7.28. The molecule has 0 aliphatic rings. The maximum atomic E-state index is 11.1. The Labute approximate surface area is 91.1 Å². The number of thiol groups is 1. The SMILES string of the molecule is Nc1c(S)cccc1CC(=O)CBr. The first-order valence-electron chi connectivity index (χ1n) is 3.79. The number of carbonyl (C=O) groups is 1. The van der Waals surface area contributed by atoms with E-state index >= 15 is 0 Å². The highest BCUT2D eigenvalue weighted by Gasteiger charge is 2.06. The lowest BCUT2D eigenvalue weighted by molar-refractivity contribution is -0.115. The van der Waals surface area contributed by atoms with Crippen molar-refractivity contribution < 1.29 is 4.79 Å². The fourth-order valence-electron chi connectivity index (χ4n) is 1.01. The number of nitrogen functional groups attached to an aromatic ring is 1. The normalized spacial score (nSPS) is 10.0. The Bertz CT molecular complexity index is 327. The zero-order valence-electron chi connectivity index (χ0n) is 6.96. The molecule has 0 bridgehead atoms. The smallest absolute Gasteiger partial charge is 0.147 e. The van der Waals surface area contributed by atoms with E-state index in [9.17, 15) is 4.79 Å². The number of nitrogens with two attached hydrogens (primary N) is 1. The molecular weight excluding hydrogens is 250 g/mol. The van der Waals surface area contributed by atoms with Gasteiger partial charge in [-0.15, -0.1) is 12.6 Å². The predicted molar refractivity (Wildman–Crippen MR) is 60.6 cm³/mol. The van der Waals surface area contributed by atoms with E-state index in [-0.39, 0.29) is 5.78 Å². The first-order chi connectivity index (χ1) is 6.15. The van der Waals surface area contributed by atoms with E-state index in [0.717, 1.165) is 10.5 Å². The number of hydrogen-bond acceptors (Lipinski definition) is 3. The molecule has 0 saturated carbocycles. The second-order valence-electron chi connectivity index (χ2n) is 2.70. The number of ketones is 1. The number of alkyl halides is 1. The van der Waals surface area contributed by atoms with Gasteiger partial charge in [-0.2, -0.15) is 0 Å². The molecule has 0 radical (unpaired) electrons. The monoisotopic (exact) mass is 259 g/mol. The minimum Gasteiger partial charge on any atom is -0.398 e. The van der Waals surface area contributed by atoms with Crippen molar-refractivity contribution in [2.45, 2.75) is 11.3 Å². The van der Waals surface area contributed by atoms with Gasteiger partial charge in [-0.3, -0.25) is 4.79 Å². The van der Waals surface area contributed by atoms with Crippen LogP contribution in [0.3, 0.4) is 0 Å². The zero-order chi connectivity index (χ0) is 9.84. The molecule has 70 valence electrons. The molecule has 0 heterocycles. The molecular formula is C9H10BrNOS. The summed E-state index contributed by atoms with van der Waals surface area (Å²) in [6.45, 7) is 0. The molecule has 0 aliphatic carbocycles. The van der Waals surface area contributed by atoms with Crippen LogP contribution >= 0.6 is 28.6 Å². The highest BCUT2D eigenvalue weighted by molar-refractivity contribution is 9.09. The van der Waals surface area contributed by atoms with E-state index in [1.54, 1.807) is 6.07 Å². The summed E-state index contributed by atoms with van der Waals surface area (Å²) in [6.07, 6.45) is 0.367. The third-order valence-electron chi connectivity index (χ3n) is 1.71. The summed E-state index contributed by atoms with van der Waals surface area (Å²) in [5.41, 5.74) is 7.18. The Morgan fingerprint density at radius 3 is 2.85 bits per heavy atom. The van der Waals surface area contributed by atoms with Crippen LogP contribution in [0, 0.1) is 0 Å². The van der Waals surface area contributed by atoms with Crippen molar-refractivity contribution in [2.24, 2.45) is 0 Å². The lowest BCUT2D eigenvalue weighted by Crippen LogP contribution is -2.06. The van der Waals surface area contributed by atoms with Gasteiger partial charge in [0.05, 0.1) is 5.33 Å². The highest BCUT2D eigenvalue weighted by atomic mass is 79.9. The van der Waals surface area contributed by atoms with Gasteiger partial charge >= 0.3 is 0 Å². The molecule has 0 saturated heterocycles. The third kappa shape index (κ3) is 2.74. The summed E-state index contributed by atoms with van der Waals surface area (Å²) in [4.78, 5) is 11.8. The molecule has 0 aromatic heterocycles. The number of halogens is 1. The standard InChI is InChI=1S/C9H10BrNOS/c10-5-7(12)4-6-2-1-3-8(13)9(6)11/h1-3,13H,4-5,11H2. The van der Waals surface area contributed by atoms with E-state index in [1.807, 2.05) is 12.1 Å². The lowest BCUT2D eigenvalue weighted by Gasteiger charge is -2.05. The molecule has 4 heteroatoms. The molecule has 0 amide bonds. The molecule has 2 nitrogen and oxygen atoms in total. The van der Waals surface area contributed by atoms with Gasteiger partial charge in [-0.05, 0) is 11.6 Å². The predicted octanol–water partition coefficient (Wildman–Crippen LogP) is 2.06. The molecule has 0 unspecified atom stereocenters. The van der Waals surface area contributed by atoms with Crippen LogP contribution in [0.2, 0.25) is 0 Å². The summed E-state index contributed by atoms with van der Waals surface area (Å²) < 4.78 is 0. The van der Waals surface area contributed by atoms with Crippen LogP contribution in [0.15, 0.2) is 23.1 Å². The Morgan fingerprint density at radius 2 is 2.23 bits per heavy atom. The van der Waals surface area contributed by atoms with Crippen LogP contribution in [0.4, 0.5) is 5.69 Å². The van der Waals surface area contributed by atoms with E-state index < -0.39 is 0 Å². The lowest BCUT2D eigenvalue weighted by atomic mass is 10.1. The molecule has 0 atom stereocenters. The Balaban J connectivity index is 2.89. The summed E-state index contributed by atoms with van der Waals surface area (Å²) in [7, 11) is 0. The van der Waals surface area contributed by atoms with Crippen molar-refractivity contribution in [1.82, 2.24) is 0 Å². The number of para-hydroxylation sites is 1. The number of Topliss-reactive ketones (excluding diaryl/α,β-unsaturated/α-hetero) is 1. The average molecular weight is 260 g/mol. The largest absolute Gasteiger partial charge is 0.398 e. The molecule has 1 aromatic carbocycles. The van der Waals surface area contributed by atoms with Crippen LogP contribution in [0.5, 0.6) is 0 Å². The van der Waals surface area contributed by atoms with Gasteiger partial charge in [0.2, 0.25) is 0 Å². The van der Waals surface area contributed by atoms with Gasteiger partial charge in [0, 0.05) is 17.0 Å². The minimum absolute atomic E-state index is 0.116. The van der Waals surface area contributed by atoms with Crippen molar-refractivity contribution in [3.8, 4) is 0 Å². The Hall–Kier alpha value is -0.480. The zero-order valence-corrected chi connectivity index (χ0v) is 9.44. The van der Waals surface area contributed by atoms with Crippen molar-refractivity contribution >= 4 is 40.0 Å². The van der Waals surface area contributed by atoms with Crippen molar-refractivity contribution in [1.29, 1.82) is 0 Å². The summed E-state index contributed by atoms with van der Waals surface area (Å²) in [5.74, 6) is 0.116. The van der Waals surface area contributed by atoms with Gasteiger partial charge in [0.1, 0.15) is 5.78 Å². The topological polar surface area (TPSA) is 43.1 Å². The van der Waals surface area contributed by atoms with Gasteiger partial charge in [0.15, 0.2) is 0 Å². The molecule has 2 N–H and O–H groups in total. The van der Waals surface area contributed by atoms with Crippen molar-refractivity contribution in [2.75, 3.05) is 11.1 Å². The number of benzene rings is 1. The third-order valence-corrected chi connectivity index (χ3v) is 2.73. The van der Waals surface area contributed by atoms with Gasteiger partial charge in [-0.25, -0.2) is 0 Å². The first-order valence-corrected chi connectivity index (χ1v) is 5.36. The van der Waals surface area contributed by atoms with Crippen LogP contribution in [0.25, 0.3) is 0 Å². The Kier molecular flexibility index (Phi) is 3.81. The molecule has 0 spiro atoms. The molecule has 0 aliphatic heterocycles. The molecule has 1 aromatic rings. The van der Waals surface area contributed by atoms with Crippen molar-refractivity contribution in [3.05, 3.63) is 23.8 Å². The van der Waals surface area contributed by atoms with Crippen LogP contribution in [0.1, 0.15) is 5.56 Å². The average Bonchev–Trinajstić information content (AvgIpc) is 2.13. The van der Waals surface area contributed by atoms with E-state index in [2.05, 4.69) is 28.6 Å². The quantitative estimate of drug-likeness (QED) is 0.496. The summed E-state index contributed by atoms with van der Waals surface area (Å²) in [6, 6.07) is 5.49. The number of anilines is 1. The van der Waals surface area contributed by atoms with Crippen molar-refractivity contribution in [3.63, 3.8) is 0 Å². The van der Waals surface area contributed by atoms with E-state index in [4.69, 9.17) is 5.73 Å². The van der Waals surface area contributed by atoms with E-state index in [0.29, 0.717) is 17.4 Å². The second kappa shape index (κ2) is 4.67. The van der Waals surface area contributed by atoms with Crippen LogP contribution in [-0.4, -0.2) is 11.1 Å². The minimum atomic E-state index is 0.116. The van der Waals surface area contributed by atoms with Gasteiger partial charge in [-0.1, -0.05) is 28.1 Å². The Morgan fingerprint density at radius 1 is 1.54 bits per heavy atom. The highest BCUT2D eigenvalue weighted by Crippen LogP contribution is 2.21. The van der Waals surface area contributed by atoms with Gasteiger partial charge < -0.3 is 5.73 Å². The maximum absolute atomic E-state index is 11.1.